The molecule has 2 N–H and O–H groups in total. The Morgan fingerprint density at radius 3 is 2.69 bits per heavy atom. The maximum atomic E-state index is 12.1. The first kappa shape index (κ1) is 24.5. The van der Waals surface area contributed by atoms with Crippen molar-refractivity contribution in [3.63, 3.8) is 0 Å². The Morgan fingerprint density at radius 2 is 1.88 bits per heavy atom. The molecule has 2 aromatic carbocycles. The van der Waals surface area contributed by atoms with E-state index in [0.29, 0.717) is 27.9 Å². The Hall–Kier alpha value is -2.19. The third-order valence-electron chi connectivity index (χ3n) is 5.43. The number of aromatic amines is 1. The summed E-state index contributed by atoms with van der Waals surface area (Å²) in [5.41, 5.74) is 2.49. The summed E-state index contributed by atoms with van der Waals surface area (Å²) in [6.07, 6.45) is 3.02. The molecule has 1 amide bonds. The van der Waals surface area contributed by atoms with Crippen molar-refractivity contribution in [2.45, 2.75) is 12.8 Å². The van der Waals surface area contributed by atoms with Crippen LogP contribution in [0.1, 0.15) is 12.8 Å². The van der Waals surface area contributed by atoms with Crippen LogP contribution in [0.4, 0.5) is 10.5 Å². The Labute approximate surface area is 203 Å². The van der Waals surface area contributed by atoms with Crippen LogP contribution in [-0.2, 0) is 0 Å². The molecule has 1 aliphatic heterocycles. The number of hydrogen-bond donors (Lipinski definition) is 2. The second-order valence-electron chi connectivity index (χ2n) is 7.48. The van der Waals surface area contributed by atoms with Crippen molar-refractivity contribution in [1.29, 1.82) is 0 Å². The molecule has 32 heavy (non-hydrogen) atoms. The molecule has 10 heteroatoms. The van der Waals surface area contributed by atoms with Crippen molar-refractivity contribution in [3.8, 4) is 5.75 Å². The van der Waals surface area contributed by atoms with Gasteiger partial charge < -0.3 is 19.9 Å². The van der Waals surface area contributed by atoms with Crippen LogP contribution < -0.4 is 15.0 Å². The minimum Gasteiger partial charge on any atom is -0.408 e. The average Bonchev–Trinajstić information content (AvgIpc) is 3.26. The first-order chi connectivity index (χ1) is 15.1. The predicted octanol–water partition coefficient (Wildman–Crippen LogP) is 4.98. The molecule has 2 heterocycles. The van der Waals surface area contributed by atoms with Gasteiger partial charge in [0.2, 0.25) is 0 Å². The van der Waals surface area contributed by atoms with Crippen LogP contribution in [0.2, 0.25) is 10.0 Å². The molecule has 172 valence electrons. The van der Waals surface area contributed by atoms with E-state index in [4.69, 9.17) is 27.9 Å². The molecule has 0 spiro atoms. The molecular weight excluding hydrogens is 473 g/mol. The van der Waals surface area contributed by atoms with Gasteiger partial charge >= 0.3 is 6.09 Å². The van der Waals surface area contributed by atoms with Crippen LogP contribution in [-0.4, -0.2) is 60.2 Å². The van der Waals surface area contributed by atoms with E-state index >= 15 is 0 Å². The molecule has 1 aromatic heterocycles. The number of amides is 1. The molecule has 1 aliphatic rings. The van der Waals surface area contributed by atoms with Gasteiger partial charge in [0.05, 0.1) is 27.6 Å². The van der Waals surface area contributed by atoms with Crippen LogP contribution >= 0.6 is 35.6 Å². The van der Waals surface area contributed by atoms with Crippen molar-refractivity contribution in [2.24, 2.45) is 0 Å². The fourth-order valence-electron chi connectivity index (χ4n) is 3.76. The van der Waals surface area contributed by atoms with Crippen LogP contribution in [0.5, 0.6) is 5.75 Å². The number of halogens is 3. The normalized spacial score (nSPS) is 14.2. The Bertz CT molecular complexity index is 1040. The monoisotopic (exact) mass is 497 g/mol. The van der Waals surface area contributed by atoms with Crippen LogP contribution in [0.3, 0.4) is 0 Å². The Morgan fingerprint density at radius 1 is 1.09 bits per heavy atom. The van der Waals surface area contributed by atoms with Crippen LogP contribution in [0.25, 0.3) is 11.0 Å². The summed E-state index contributed by atoms with van der Waals surface area (Å²) in [7, 11) is 0. The number of aromatic nitrogens is 2. The van der Waals surface area contributed by atoms with E-state index in [1.807, 2.05) is 30.3 Å². The molecule has 0 saturated carbocycles. The van der Waals surface area contributed by atoms with E-state index in [0.717, 1.165) is 56.8 Å². The van der Waals surface area contributed by atoms with Gasteiger partial charge in [-0.1, -0.05) is 35.3 Å². The number of nitrogens with zero attached hydrogens (tertiary/aromatic N) is 3. The first-order valence-electron chi connectivity index (χ1n) is 10.4. The smallest absolute Gasteiger partial charge is 0.408 e. The fraction of sp³-hybridized carbons (Fsp3) is 0.364. The molecular formula is C22H26Cl3N5O2. The lowest BCUT2D eigenvalue weighted by molar-refractivity contribution is 0.200. The summed E-state index contributed by atoms with van der Waals surface area (Å²) < 4.78 is 5.39. The van der Waals surface area contributed by atoms with E-state index in [-0.39, 0.29) is 12.4 Å². The summed E-state index contributed by atoms with van der Waals surface area (Å²) >= 11 is 12.5. The molecule has 3 aromatic rings. The maximum absolute atomic E-state index is 12.1. The van der Waals surface area contributed by atoms with Gasteiger partial charge in [0.25, 0.3) is 0 Å². The quantitative estimate of drug-likeness (QED) is 0.449. The highest BCUT2D eigenvalue weighted by Crippen LogP contribution is 2.32. The molecule has 0 unspecified atom stereocenters. The molecule has 0 atom stereocenters. The van der Waals surface area contributed by atoms with E-state index in [2.05, 4.69) is 25.1 Å². The number of hydrogen-bond acceptors (Lipinski definition) is 5. The molecule has 1 saturated heterocycles. The minimum atomic E-state index is -0.456. The third-order valence-corrected chi connectivity index (χ3v) is 6.24. The number of carbonyl (C=O) groups excluding carboxylic acids is 1. The highest BCUT2D eigenvalue weighted by atomic mass is 35.5. The zero-order chi connectivity index (χ0) is 21.6. The molecule has 4 rings (SSSR count). The maximum Gasteiger partial charge on any atom is 0.412 e. The number of imidazole rings is 1. The summed E-state index contributed by atoms with van der Waals surface area (Å²) in [5, 5.41) is 4.03. The number of rotatable bonds is 7. The van der Waals surface area contributed by atoms with Gasteiger partial charge in [-0.2, -0.15) is 0 Å². The summed E-state index contributed by atoms with van der Waals surface area (Å²) in [6.45, 7) is 5.37. The van der Waals surface area contributed by atoms with E-state index < -0.39 is 6.09 Å². The summed E-state index contributed by atoms with van der Waals surface area (Å²) in [4.78, 5) is 24.0. The van der Waals surface area contributed by atoms with Crippen molar-refractivity contribution < 1.29 is 9.53 Å². The number of piperazine rings is 1. The standard InChI is InChI=1S/C22H25Cl2N5O2.ClH/c23-16-5-3-7-18(20(16)24)29-13-11-28(12-14-29)10-2-1-9-25-22(30)31-19-8-4-6-17-21(19)27-15-26-17;/h3-8,15H,1-2,9-14H2,(H,25,30)(H,26,27);1H. The highest BCUT2D eigenvalue weighted by molar-refractivity contribution is 6.43. The minimum absolute atomic E-state index is 0. The number of H-pyrrole nitrogens is 1. The van der Waals surface area contributed by atoms with E-state index in [1.54, 1.807) is 12.4 Å². The Kier molecular flexibility index (Phi) is 8.87. The van der Waals surface area contributed by atoms with Gasteiger partial charge in [-0.3, -0.25) is 4.90 Å². The lowest BCUT2D eigenvalue weighted by Gasteiger charge is -2.36. The zero-order valence-electron chi connectivity index (χ0n) is 17.5. The summed E-state index contributed by atoms with van der Waals surface area (Å²) in [6, 6.07) is 11.2. The Balaban J connectivity index is 0.00000289. The zero-order valence-corrected chi connectivity index (χ0v) is 19.8. The van der Waals surface area contributed by atoms with Gasteiger partial charge in [-0.05, 0) is 43.7 Å². The topological polar surface area (TPSA) is 73.5 Å². The number of benzene rings is 2. The van der Waals surface area contributed by atoms with Crippen molar-refractivity contribution >= 4 is 58.4 Å². The van der Waals surface area contributed by atoms with Gasteiger partial charge in [0.15, 0.2) is 5.75 Å². The van der Waals surface area contributed by atoms with Gasteiger partial charge in [0, 0.05) is 32.7 Å². The molecule has 0 aliphatic carbocycles. The lowest BCUT2D eigenvalue weighted by Crippen LogP contribution is -2.46. The van der Waals surface area contributed by atoms with Crippen molar-refractivity contribution in [2.75, 3.05) is 44.2 Å². The molecule has 0 radical (unpaired) electrons. The second-order valence-corrected chi connectivity index (χ2v) is 8.27. The van der Waals surface area contributed by atoms with Crippen LogP contribution in [0.15, 0.2) is 42.7 Å². The number of para-hydroxylation sites is 1. The number of carbonyl (C=O) groups is 1. The fourth-order valence-corrected chi connectivity index (χ4v) is 4.17. The summed E-state index contributed by atoms with van der Waals surface area (Å²) in [5.74, 6) is 0.453. The molecule has 7 nitrogen and oxygen atoms in total. The van der Waals surface area contributed by atoms with Gasteiger partial charge in [-0.15, -0.1) is 12.4 Å². The van der Waals surface area contributed by atoms with Gasteiger partial charge in [0.1, 0.15) is 5.52 Å². The number of anilines is 1. The molecule has 0 bridgehead atoms. The van der Waals surface area contributed by atoms with Gasteiger partial charge in [-0.25, -0.2) is 9.78 Å². The highest BCUT2D eigenvalue weighted by Gasteiger charge is 2.19. The van der Waals surface area contributed by atoms with Crippen molar-refractivity contribution in [1.82, 2.24) is 20.2 Å². The first-order valence-corrected chi connectivity index (χ1v) is 11.2. The SMILES string of the molecule is Cl.O=C(NCCCCN1CCN(c2cccc(Cl)c2Cl)CC1)Oc1cccc2[nH]cnc12. The number of unbranched alkanes of at least 4 members (excludes halogenated alkanes) is 1. The number of nitrogens with one attached hydrogen (secondary N) is 2. The largest absolute Gasteiger partial charge is 0.412 e. The number of ether oxygens (including phenoxy) is 1. The van der Waals surface area contributed by atoms with E-state index in [1.165, 1.54) is 0 Å². The lowest BCUT2D eigenvalue weighted by atomic mass is 10.2. The molecule has 1 fully saturated rings. The predicted molar refractivity (Wildman–Crippen MR) is 132 cm³/mol. The average molecular weight is 499 g/mol. The van der Waals surface area contributed by atoms with Crippen molar-refractivity contribution in [3.05, 3.63) is 52.8 Å². The number of fused-ring (bicyclic) bond motifs is 1. The third kappa shape index (κ3) is 5.98. The van der Waals surface area contributed by atoms with E-state index in [9.17, 15) is 4.79 Å². The second kappa shape index (κ2) is 11.6. The van der Waals surface area contributed by atoms with Crippen LogP contribution in [0, 0.1) is 0 Å².